The van der Waals surface area contributed by atoms with Gasteiger partial charge >= 0.3 is 0 Å². The van der Waals surface area contributed by atoms with Gasteiger partial charge in [-0.15, -0.1) is 0 Å². The zero-order valence-corrected chi connectivity index (χ0v) is 21.1. The van der Waals surface area contributed by atoms with E-state index in [0.717, 1.165) is 52.4 Å². The van der Waals surface area contributed by atoms with Gasteiger partial charge in [0.2, 0.25) is 12.7 Å². The number of para-hydroxylation sites is 1. The Morgan fingerprint density at radius 1 is 0.868 bits per heavy atom. The highest BCUT2D eigenvalue weighted by molar-refractivity contribution is 5.86. The molecular formula is C30H26N4O4. The van der Waals surface area contributed by atoms with Gasteiger partial charge in [0.05, 0.1) is 20.3 Å². The molecule has 0 unspecified atom stereocenters. The molecule has 8 heteroatoms. The average Bonchev–Trinajstić information content (AvgIpc) is 3.60. The van der Waals surface area contributed by atoms with Crippen molar-refractivity contribution in [3.63, 3.8) is 0 Å². The van der Waals surface area contributed by atoms with Crippen molar-refractivity contribution < 1.29 is 18.9 Å². The third-order valence-electron chi connectivity index (χ3n) is 7.36. The normalized spacial score (nSPS) is 15.9. The number of methoxy groups -OCH3 is 2. The number of nitrogens with zero attached hydrogens (tertiary/aromatic N) is 3. The van der Waals surface area contributed by atoms with E-state index in [1.807, 2.05) is 36.7 Å². The second-order valence-corrected chi connectivity index (χ2v) is 9.36. The zero-order valence-electron chi connectivity index (χ0n) is 21.1. The summed E-state index contributed by atoms with van der Waals surface area (Å²) in [5, 5.41) is 1.26. The molecule has 38 heavy (non-hydrogen) atoms. The maximum Gasteiger partial charge on any atom is 0.231 e. The highest BCUT2D eigenvalue weighted by Crippen LogP contribution is 2.43. The van der Waals surface area contributed by atoms with Crippen LogP contribution in [0.1, 0.15) is 22.9 Å². The summed E-state index contributed by atoms with van der Waals surface area (Å²) in [6.45, 7) is 1.02. The second-order valence-electron chi connectivity index (χ2n) is 9.36. The van der Waals surface area contributed by atoms with Crippen molar-refractivity contribution >= 4 is 16.9 Å². The Kier molecular flexibility index (Phi) is 5.32. The van der Waals surface area contributed by atoms with E-state index in [4.69, 9.17) is 28.9 Å². The fraction of sp³-hybridized carbons (Fsp3) is 0.200. The molecule has 5 aromatic rings. The van der Waals surface area contributed by atoms with Gasteiger partial charge in [-0.25, -0.2) is 9.97 Å². The lowest BCUT2D eigenvalue weighted by atomic mass is 9.92. The first kappa shape index (κ1) is 22.5. The number of aromatic amines is 1. The van der Waals surface area contributed by atoms with E-state index >= 15 is 0 Å². The van der Waals surface area contributed by atoms with E-state index < -0.39 is 0 Å². The first-order valence-electron chi connectivity index (χ1n) is 12.5. The van der Waals surface area contributed by atoms with Crippen LogP contribution in [0, 0.1) is 0 Å². The molecule has 2 aliphatic heterocycles. The molecule has 0 radical (unpaired) electrons. The van der Waals surface area contributed by atoms with Crippen LogP contribution in [0.5, 0.6) is 23.0 Å². The molecule has 0 amide bonds. The standard InChI is InChI=1S/C30H26N4O4/c1-35-24-9-7-18(13-26(24)36-2)20-15-31-30(32-16-20)34-12-11-22-21-5-3-4-6-23(21)33-28(22)29(34)19-8-10-25-27(14-19)38-17-37-25/h3-10,13-16,29,33H,11-12,17H2,1-2H3/t29-/m0/s1. The van der Waals surface area contributed by atoms with Gasteiger partial charge in [0, 0.05) is 41.1 Å². The molecule has 0 fully saturated rings. The Bertz CT molecular complexity index is 1650. The number of rotatable bonds is 5. The molecule has 0 bridgehead atoms. The van der Waals surface area contributed by atoms with E-state index in [0.29, 0.717) is 17.4 Å². The van der Waals surface area contributed by atoms with Crippen LogP contribution in [0.15, 0.2) is 73.1 Å². The average molecular weight is 507 g/mol. The predicted octanol–water partition coefficient (Wildman–Crippen LogP) is 5.52. The molecule has 2 aromatic heterocycles. The molecule has 0 saturated heterocycles. The number of aromatic nitrogens is 3. The molecule has 2 aliphatic rings. The Hall–Kier alpha value is -4.72. The molecule has 4 heterocycles. The third-order valence-corrected chi connectivity index (χ3v) is 7.36. The summed E-state index contributed by atoms with van der Waals surface area (Å²) in [6.07, 6.45) is 4.61. The summed E-state index contributed by atoms with van der Waals surface area (Å²) in [5.74, 6) is 3.54. The molecule has 3 aromatic carbocycles. The van der Waals surface area contributed by atoms with Gasteiger partial charge in [-0.05, 0) is 53.4 Å². The summed E-state index contributed by atoms with van der Waals surface area (Å²) >= 11 is 0. The number of benzene rings is 3. The lowest BCUT2D eigenvalue weighted by Crippen LogP contribution is -2.37. The van der Waals surface area contributed by atoms with Crippen LogP contribution < -0.4 is 23.8 Å². The van der Waals surface area contributed by atoms with Crippen molar-refractivity contribution in [2.24, 2.45) is 0 Å². The molecule has 7 rings (SSSR count). The number of hydrogen-bond acceptors (Lipinski definition) is 7. The van der Waals surface area contributed by atoms with E-state index in [9.17, 15) is 0 Å². The summed E-state index contributed by atoms with van der Waals surface area (Å²) < 4.78 is 22.1. The Morgan fingerprint density at radius 3 is 2.53 bits per heavy atom. The Morgan fingerprint density at radius 2 is 1.68 bits per heavy atom. The number of anilines is 1. The van der Waals surface area contributed by atoms with Crippen LogP contribution in [0.2, 0.25) is 0 Å². The Balaban J connectivity index is 1.30. The highest BCUT2D eigenvalue weighted by Gasteiger charge is 2.34. The minimum atomic E-state index is -0.104. The quantitative estimate of drug-likeness (QED) is 0.336. The smallest absolute Gasteiger partial charge is 0.231 e. The zero-order chi connectivity index (χ0) is 25.6. The minimum absolute atomic E-state index is 0.104. The van der Waals surface area contributed by atoms with Gasteiger partial charge in [-0.2, -0.15) is 0 Å². The van der Waals surface area contributed by atoms with Crippen LogP contribution >= 0.6 is 0 Å². The monoisotopic (exact) mass is 506 g/mol. The largest absolute Gasteiger partial charge is 0.493 e. The van der Waals surface area contributed by atoms with Crippen LogP contribution in [-0.2, 0) is 6.42 Å². The lowest BCUT2D eigenvalue weighted by molar-refractivity contribution is 0.174. The molecule has 0 aliphatic carbocycles. The summed E-state index contributed by atoms with van der Waals surface area (Å²) in [6, 6.07) is 20.3. The van der Waals surface area contributed by atoms with Crippen molar-refractivity contribution in [3.8, 4) is 34.1 Å². The molecule has 190 valence electrons. The van der Waals surface area contributed by atoms with Crippen molar-refractivity contribution in [1.82, 2.24) is 15.0 Å². The number of ether oxygens (including phenoxy) is 4. The predicted molar refractivity (Wildman–Crippen MR) is 144 cm³/mol. The van der Waals surface area contributed by atoms with Crippen molar-refractivity contribution in [1.29, 1.82) is 0 Å². The molecule has 1 N–H and O–H groups in total. The SMILES string of the molecule is COc1ccc(-c2cnc(N3CCc4c([nH]c5ccccc45)[C@@H]3c3ccc4c(c3)OCO4)nc2)cc1OC. The second kappa shape index (κ2) is 8.99. The molecular weight excluding hydrogens is 480 g/mol. The van der Waals surface area contributed by atoms with Gasteiger partial charge in [0.25, 0.3) is 0 Å². The number of fused-ring (bicyclic) bond motifs is 4. The first-order valence-corrected chi connectivity index (χ1v) is 12.5. The minimum Gasteiger partial charge on any atom is -0.493 e. The summed E-state index contributed by atoms with van der Waals surface area (Å²) in [7, 11) is 3.26. The van der Waals surface area contributed by atoms with Crippen LogP contribution in [0.3, 0.4) is 0 Å². The van der Waals surface area contributed by atoms with Crippen molar-refractivity contribution in [2.75, 3.05) is 32.5 Å². The molecule has 8 nitrogen and oxygen atoms in total. The van der Waals surface area contributed by atoms with Gasteiger partial charge in [-0.1, -0.05) is 30.3 Å². The molecule has 0 spiro atoms. The fourth-order valence-electron chi connectivity index (χ4n) is 5.52. The van der Waals surface area contributed by atoms with Crippen molar-refractivity contribution in [2.45, 2.75) is 12.5 Å². The van der Waals surface area contributed by atoms with Crippen LogP contribution in [-0.4, -0.2) is 42.5 Å². The van der Waals surface area contributed by atoms with E-state index in [2.05, 4.69) is 46.3 Å². The van der Waals surface area contributed by atoms with Crippen LogP contribution in [0.4, 0.5) is 5.95 Å². The third kappa shape index (κ3) is 3.60. The van der Waals surface area contributed by atoms with Crippen molar-refractivity contribution in [3.05, 3.63) is 89.9 Å². The van der Waals surface area contributed by atoms with Gasteiger partial charge in [0.15, 0.2) is 23.0 Å². The number of hydrogen-bond donors (Lipinski definition) is 1. The van der Waals surface area contributed by atoms with E-state index in [1.165, 1.54) is 10.9 Å². The molecule has 0 saturated carbocycles. The maximum absolute atomic E-state index is 5.72. The number of H-pyrrole nitrogens is 1. The highest BCUT2D eigenvalue weighted by atomic mass is 16.7. The van der Waals surface area contributed by atoms with Gasteiger partial charge in [0.1, 0.15) is 0 Å². The van der Waals surface area contributed by atoms with Gasteiger partial charge < -0.3 is 28.8 Å². The molecule has 1 atom stereocenters. The first-order chi connectivity index (χ1) is 18.7. The Labute approximate surface area is 219 Å². The van der Waals surface area contributed by atoms with Crippen LogP contribution in [0.25, 0.3) is 22.0 Å². The summed E-state index contributed by atoms with van der Waals surface area (Å²) in [4.78, 5) is 15.6. The van der Waals surface area contributed by atoms with E-state index in [-0.39, 0.29) is 12.8 Å². The summed E-state index contributed by atoms with van der Waals surface area (Å²) in [5.41, 5.74) is 6.57. The number of nitrogens with one attached hydrogen (secondary N) is 1. The van der Waals surface area contributed by atoms with E-state index in [1.54, 1.807) is 14.2 Å². The topological polar surface area (TPSA) is 81.7 Å². The maximum atomic E-state index is 5.72. The fourth-order valence-corrected chi connectivity index (χ4v) is 5.52. The van der Waals surface area contributed by atoms with Gasteiger partial charge in [-0.3, -0.25) is 0 Å². The lowest BCUT2D eigenvalue weighted by Gasteiger charge is -2.36.